The van der Waals surface area contributed by atoms with E-state index in [2.05, 4.69) is 5.32 Å². The van der Waals surface area contributed by atoms with Gasteiger partial charge in [0.2, 0.25) is 15.9 Å². The average Bonchev–Trinajstić information content (AvgIpc) is 2.79. The van der Waals surface area contributed by atoms with Crippen LogP contribution in [0.4, 0.5) is 5.69 Å². The molecule has 9 heteroatoms. The molecular formula is C21H26N2O6S. The normalized spacial score (nSPS) is 17.2. The number of nitrogens with zero attached hydrogens (tertiary/aromatic N) is 1. The Morgan fingerprint density at radius 2 is 1.67 bits per heavy atom. The van der Waals surface area contributed by atoms with E-state index in [1.54, 1.807) is 37.4 Å². The van der Waals surface area contributed by atoms with Crippen LogP contribution in [0.2, 0.25) is 0 Å². The van der Waals surface area contributed by atoms with Gasteiger partial charge in [0, 0.05) is 19.2 Å². The van der Waals surface area contributed by atoms with E-state index in [9.17, 15) is 13.2 Å². The van der Waals surface area contributed by atoms with E-state index in [0.29, 0.717) is 42.3 Å². The summed E-state index contributed by atoms with van der Waals surface area (Å²) in [6, 6.07) is 11.3. The predicted octanol–water partition coefficient (Wildman–Crippen LogP) is 2.75. The quantitative estimate of drug-likeness (QED) is 0.720. The van der Waals surface area contributed by atoms with Gasteiger partial charge in [-0.15, -0.1) is 0 Å². The Bertz CT molecular complexity index is 991. The molecule has 1 fully saturated rings. The molecule has 1 aliphatic rings. The first-order valence-corrected chi connectivity index (χ1v) is 11.0. The highest BCUT2D eigenvalue weighted by Crippen LogP contribution is 2.31. The third-order valence-corrected chi connectivity index (χ3v) is 7.00. The number of carbonyl (C=O) groups is 1. The molecule has 1 atom stereocenters. The Labute approximate surface area is 176 Å². The third kappa shape index (κ3) is 4.68. The molecule has 2 aromatic carbocycles. The van der Waals surface area contributed by atoms with Gasteiger partial charge in [-0.2, -0.15) is 4.31 Å². The van der Waals surface area contributed by atoms with E-state index in [-0.39, 0.29) is 17.3 Å². The molecule has 0 aromatic heterocycles. The minimum absolute atomic E-state index is 0.124. The van der Waals surface area contributed by atoms with Crippen molar-refractivity contribution in [2.75, 3.05) is 39.7 Å². The topological polar surface area (TPSA) is 94.2 Å². The number of ether oxygens (including phenoxy) is 3. The number of benzene rings is 2. The van der Waals surface area contributed by atoms with Crippen LogP contribution in [-0.2, 0) is 14.8 Å². The predicted molar refractivity (Wildman–Crippen MR) is 113 cm³/mol. The minimum Gasteiger partial charge on any atom is -0.497 e. The highest BCUT2D eigenvalue weighted by atomic mass is 32.2. The van der Waals surface area contributed by atoms with Crippen LogP contribution >= 0.6 is 0 Å². The highest BCUT2D eigenvalue weighted by molar-refractivity contribution is 7.89. The molecule has 162 valence electrons. The maximum Gasteiger partial charge on any atom is 0.243 e. The Morgan fingerprint density at radius 3 is 2.30 bits per heavy atom. The van der Waals surface area contributed by atoms with E-state index in [4.69, 9.17) is 14.2 Å². The highest BCUT2D eigenvalue weighted by Gasteiger charge is 2.33. The molecule has 0 spiro atoms. The second kappa shape index (κ2) is 9.36. The van der Waals surface area contributed by atoms with Crippen molar-refractivity contribution < 1.29 is 27.4 Å². The summed E-state index contributed by atoms with van der Waals surface area (Å²) in [7, 11) is 0.888. The zero-order chi connectivity index (χ0) is 21.7. The van der Waals surface area contributed by atoms with Gasteiger partial charge in [0.15, 0.2) is 0 Å². The lowest BCUT2D eigenvalue weighted by Gasteiger charge is -2.31. The van der Waals surface area contributed by atoms with Gasteiger partial charge in [-0.1, -0.05) is 0 Å². The summed E-state index contributed by atoms with van der Waals surface area (Å²) in [5, 5.41) is 2.85. The number of piperidine rings is 1. The molecule has 1 heterocycles. The number of hydrogen-bond donors (Lipinski definition) is 1. The standard InChI is InChI=1S/C21H26N2O6S/c1-27-16-6-9-18(10-7-16)30(25,26)23-12-4-5-15(14-23)21(24)22-19-11-8-17(28-2)13-20(19)29-3/h6-11,13,15H,4-5,12,14H2,1-3H3,(H,22,24)/t15-/m1/s1. The molecular weight excluding hydrogens is 408 g/mol. The SMILES string of the molecule is COc1ccc(S(=O)(=O)N2CCC[C@@H](C(=O)Nc3ccc(OC)cc3OC)C2)cc1. The molecule has 1 amide bonds. The molecule has 0 aliphatic carbocycles. The van der Waals surface area contributed by atoms with E-state index in [0.717, 1.165) is 0 Å². The molecule has 30 heavy (non-hydrogen) atoms. The van der Waals surface area contributed by atoms with E-state index >= 15 is 0 Å². The van der Waals surface area contributed by atoms with Gasteiger partial charge < -0.3 is 19.5 Å². The lowest BCUT2D eigenvalue weighted by Crippen LogP contribution is -2.43. The van der Waals surface area contributed by atoms with Gasteiger partial charge in [-0.05, 0) is 49.2 Å². The van der Waals surface area contributed by atoms with E-state index in [1.165, 1.54) is 30.7 Å². The molecule has 0 radical (unpaired) electrons. The molecule has 2 aromatic rings. The zero-order valence-electron chi connectivity index (χ0n) is 17.3. The molecule has 3 rings (SSSR count). The fourth-order valence-electron chi connectivity index (χ4n) is 3.41. The third-order valence-electron chi connectivity index (χ3n) is 5.12. The Balaban J connectivity index is 1.73. The number of nitrogens with one attached hydrogen (secondary N) is 1. The van der Waals surface area contributed by atoms with E-state index < -0.39 is 15.9 Å². The van der Waals surface area contributed by atoms with Gasteiger partial charge in [-0.25, -0.2) is 8.42 Å². The number of anilines is 1. The second-order valence-electron chi connectivity index (χ2n) is 6.93. The Kier molecular flexibility index (Phi) is 6.84. The largest absolute Gasteiger partial charge is 0.497 e. The van der Waals surface area contributed by atoms with Crippen LogP contribution in [0, 0.1) is 5.92 Å². The van der Waals surface area contributed by atoms with Crippen LogP contribution in [0.3, 0.4) is 0 Å². The zero-order valence-corrected chi connectivity index (χ0v) is 18.1. The molecule has 0 bridgehead atoms. The fourth-order valence-corrected chi connectivity index (χ4v) is 4.93. The summed E-state index contributed by atoms with van der Waals surface area (Å²) in [6.45, 7) is 0.503. The lowest BCUT2D eigenvalue weighted by atomic mass is 9.98. The number of carbonyl (C=O) groups excluding carboxylic acids is 1. The van der Waals surface area contributed by atoms with Gasteiger partial charge >= 0.3 is 0 Å². The first kappa shape index (κ1) is 21.9. The van der Waals surface area contributed by atoms with Gasteiger partial charge in [-0.3, -0.25) is 4.79 Å². The summed E-state index contributed by atoms with van der Waals surface area (Å²) < 4.78 is 42.9. The van der Waals surface area contributed by atoms with Crippen molar-refractivity contribution in [3.63, 3.8) is 0 Å². The molecule has 0 unspecified atom stereocenters. The number of amides is 1. The first-order chi connectivity index (χ1) is 14.4. The summed E-state index contributed by atoms with van der Waals surface area (Å²) >= 11 is 0. The summed E-state index contributed by atoms with van der Waals surface area (Å²) in [5.74, 6) is 0.963. The van der Waals surface area contributed by atoms with E-state index in [1.807, 2.05) is 0 Å². The Morgan fingerprint density at radius 1 is 1.00 bits per heavy atom. The van der Waals surface area contributed by atoms with Gasteiger partial charge in [0.1, 0.15) is 17.2 Å². The number of methoxy groups -OCH3 is 3. The maximum absolute atomic E-state index is 13.0. The van der Waals surface area contributed by atoms with Crippen LogP contribution in [-0.4, -0.2) is 53.0 Å². The van der Waals surface area contributed by atoms with Crippen LogP contribution in [0.15, 0.2) is 47.4 Å². The summed E-state index contributed by atoms with van der Waals surface area (Å²) in [5.41, 5.74) is 0.512. The summed E-state index contributed by atoms with van der Waals surface area (Å²) in [4.78, 5) is 13.0. The minimum atomic E-state index is -3.69. The summed E-state index contributed by atoms with van der Waals surface area (Å²) in [6.07, 6.45) is 1.21. The lowest BCUT2D eigenvalue weighted by molar-refractivity contribution is -0.120. The van der Waals surface area contributed by atoms with Crippen LogP contribution in [0.1, 0.15) is 12.8 Å². The Hall–Kier alpha value is -2.78. The van der Waals surface area contributed by atoms with Crippen molar-refractivity contribution >= 4 is 21.6 Å². The van der Waals surface area contributed by atoms with Gasteiger partial charge in [0.05, 0.1) is 37.8 Å². The monoisotopic (exact) mass is 434 g/mol. The first-order valence-electron chi connectivity index (χ1n) is 9.56. The smallest absolute Gasteiger partial charge is 0.243 e. The van der Waals surface area contributed by atoms with Crippen LogP contribution < -0.4 is 19.5 Å². The second-order valence-corrected chi connectivity index (χ2v) is 8.87. The fraction of sp³-hybridized carbons (Fsp3) is 0.381. The van der Waals surface area contributed by atoms with Crippen molar-refractivity contribution in [1.29, 1.82) is 0 Å². The number of hydrogen-bond acceptors (Lipinski definition) is 6. The van der Waals surface area contributed by atoms with Crippen molar-refractivity contribution in [2.24, 2.45) is 5.92 Å². The van der Waals surface area contributed by atoms with Crippen molar-refractivity contribution in [3.8, 4) is 17.2 Å². The molecule has 0 saturated carbocycles. The van der Waals surface area contributed by atoms with Crippen LogP contribution in [0.5, 0.6) is 17.2 Å². The molecule has 1 saturated heterocycles. The van der Waals surface area contributed by atoms with Crippen molar-refractivity contribution in [3.05, 3.63) is 42.5 Å². The number of sulfonamides is 1. The average molecular weight is 435 g/mol. The maximum atomic E-state index is 13.0. The van der Waals surface area contributed by atoms with Gasteiger partial charge in [0.25, 0.3) is 0 Å². The molecule has 8 nitrogen and oxygen atoms in total. The van der Waals surface area contributed by atoms with Crippen molar-refractivity contribution in [2.45, 2.75) is 17.7 Å². The van der Waals surface area contributed by atoms with Crippen molar-refractivity contribution in [1.82, 2.24) is 4.31 Å². The number of rotatable bonds is 7. The molecule has 1 N–H and O–H groups in total. The van der Waals surface area contributed by atoms with Crippen LogP contribution in [0.25, 0.3) is 0 Å². The molecule has 1 aliphatic heterocycles.